The average Bonchev–Trinajstić information content (AvgIpc) is 1.97. The molecule has 11 heavy (non-hydrogen) atoms. The van der Waals surface area contributed by atoms with Crippen molar-refractivity contribution >= 4 is 35.2 Å². The van der Waals surface area contributed by atoms with Crippen molar-refractivity contribution in [1.82, 2.24) is 0 Å². The minimum atomic E-state index is 0.890. The molecule has 0 atom stereocenters. The van der Waals surface area contributed by atoms with Gasteiger partial charge in [0.25, 0.3) is 0 Å². The molecule has 0 heterocycles. The van der Waals surface area contributed by atoms with Crippen LogP contribution >= 0.6 is 35.2 Å². The van der Waals surface area contributed by atoms with Crippen LogP contribution < -0.4 is 4.74 Å². The topological polar surface area (TPSA) is 9.23 Å². The fourth-order valence-electron chi connectivity index (χ4n) is 0.799. The van der Waals surface area contributed by atoms with Gasteiger partial charge in [0.1, 0.15) is 5.75 Å². The Hall–Kier alpha value is 0.1000. The van der Waals surface area contributed by atoms with Crippen molar-refractivity contribution in [3.8, 4) is 5.75 Å². The molecule has 0 saturated carbocycles. The Kier molecular flexibility index (Phi) is 3.06. The number of halogens is 1. The van der Waals surface area contributed by atoms with E-state index in [1.807, 2.05) is 13.0 Å². The standard InChI is InChI=1S/C8H9IOS/c1-5-3-6(9)7(10-2)4-8(5)11/h3-4,11H,1-2H3. The number of benzene rings is 1. The summed E-state index contributed by atoms with van der Waals surface area (Å²) in [4.78, 5) is 0.974. The van der Waals surface area contributed by atoms with E-state index in [4.69, 9.17) is 4.74 Å². The zero-order chi connectivity index (χ0) is 8.43. The summed E-state index contributed by atoms with van der Waals surface area (Å²) in [7, 11) is 1.67. The van der Waals surface area contributed by atoms with Crippen LogP contribution in [0.3, 0.4) is 0 Å². The maximum Gasteiger partial charge on any atom is 0.133 e. The summed E-state index contributed by atoms with van der Waals surface area (Å²) in [5, 5.41) is 0. The molecule has 0 fully saturated rings. The maximum atomic E-state index is 5.12. The van der Waals surface area contributed by atoms with Gasteiger partial charge in [-0.1, -0.05) is 0 Å². The van der Waals surface area contributed by atoms with Gasteiger partial charge in [-0.25, -0.2) is 0 Å². The van der Waals surface area contributed by atoms with Gasteiger partial charge in [-0.15, -0.1) is 12.6 Å². The Morgan fingerprint density at radius 3 is 2.64 bits per heavy atom. The van der Waals surface area contributed by atoms with E-state index in [0.29, 0.717) is 0 Å². The van der Waals surface area contributed by atoms with Crippen LogP contribution in [0, 0.1) is 10.5 Å². The third kappa shape index (κ3) is 2.02. The lowest BCUT2D eigenvalue weighted by Gasteiger charge is -2.05. The molecular formula is C8H9IOS. The van der Waals surface area contributed by atoms with Gasteiger partial charge in [-0.05, 0) is 47.2 Å². The predicted octanol–water partition coefficient (Wildman–Crippen LogP) is 2.90. The van der Waals surface area contributed by atoms with Gasteiger partial charge in [0.2, 0.25) is 0 Å². The highest BCUT2D eigenvalue weighted by molar-refractivity contribution is 14.1. The Labute approximate surface area is 85.7 Å². The first-order chi connectivity index (χ1) is 5.15. The quantitative estimate of drug-likeness (QED) is 0.614. The van der Waals surface area contributed by atoms with E-state index in [-0.39, 0.29) is 0 Å². The van der Waals surface area contributed by atoms with Crippen LogP contribution in [0.15, 0.2) is 17.0 Å². The highest BCUT2D eigenvalue weighted by atomic mass is 127. The van der Waals surface area contributed by atoms with E-state index in [0.717, 1.165) is 14.2 Å². The van der Waals surface area contributed by atoms with Crippen molar-refractivity contribution in [1.29, 1.82) is 0 Å². The van der Waals surface area contributed by atoms with E-state index in [9.17, 15) is 0 Å². The minimum absolute atomic E-state index is 0.890. The van der Waals surface area contributed by atoms with Crippen LogP contribution in [0.4, 0.5) is 0 Å². The molecule has 1 rings (SSSR count). The third-order valence-corrected chi connectivity index (χ3v) is 2.80. The van der Waals surface area contributed by atoms with Crippen molar-refractivity contribution in [3.63, 3.8) is 0 Å². The first-order valence-electron chi connectivity index (χ1n) is 3.18. The summed E-state index contributed by atoms with van der Waals surface area (Å²) >= 11 is 6.53. The predicted molar refractivity (Wildman–Crippen MR) is 57.7 cm³/mol. The SMILES string of the molecule is COc1cc(S)c(C)cc1I. The number of hydrogen-bond acceptors (Lipinski definition) is 2. The Bertz CT molecular complexity index is 273. The van der Waals surface area contributed by atoms with Crippen molar-refractivity contribution in [2.75, 3.05) is 7.11 Å². The van der Waals surface area contributed by atoms with E-state index in [1.165, 1.54) is 5.56 Å². The molecule has 0 aromatic heterocycles. The molecule has 0 bridgehead atoms. The molecule has 0 unspecified atom stereocenters. The second-order valence-electron chi connectivity index (χ2n) is 2.27. The summed E-state index contributed by atoms with van der Waals surface area (Å²) in [6.45, 7) is 2.03. The molecule has 0 aliphatic heterocycles. The van der Waals surface area contributed by atoms with Crippen molar-refractivity contribution in [2.24, 2.45) is 0 Å². The minimum Gasteiger partial charge on any atom is -0.496 e. The van der Waals surface area contributed by atoms with E-state index < -0.39 is 0 Å². The second-order valence-corrected chi connectivity index (χ2v) is 3.92. The first-order valence-corrected chi connectivity index (χ1v) is 4.71. The number of hydrogen-bond donors (Lipinski definition) is 1. The molecule has 0 N–H and O–H groups in total. The third-order valence-electron chi connectivity index (χ3n) is 1.47. The van der Waals surface area contributed by atoms with Crippen molar-refractivity contribution in [2.45, 2.75) is 11.8 Å². The average molecular weight is 280 g/mol. The highest BCUT2D eigenvalue weighted by Crippen LogP contribution is 2.26. The summed E-state index contributed by atoms with van der Waals surface area (Å²) in [6.07, 6.45) is 0. The van der Waals surface area contributed by atoms with Gasteiger partial charge >= 0.3 is 0 Å². The summed E-state index contributed by atoms with van der Waals surface area (Å²) in [5.41, 5.74) is 1.18. The number of aryl methyl sites for hydroxylation is 1. The van der Waals surface area contributed by atoms with Gasteiger partial charge in [-0.2, -0.15) is 0 Å². The summed E-state index contributed by atoms with van der Waals surface area (Å²) in [5.74, 6) is 0.890. The van der Waals surface area contributed by atoms with Gasteiger partial charge in [0.15, 0.2) is 0 Å². The van der Waals surface area contributed by atoms with Crippen LogP contribution in [-0.2, 0) is 0 Å². The molecule has 60 valence electrons. The Morgan fingerprint density at radius 1 is 1.45 bits per heavy atom. The fraction of sp³-hybridized carbons (Fsp3) is 0.250. The summed E-state index contributed by atoms with van der Waals surface area (Å²) in [6, 6.07) is 3.99. The smallest absolute Gasteiger partial charge is 0.133 e. The second kappa shape index (κ2) is 3.67. The largest absolute Gasteiger partial charge is 0.496 e. The van der Waals surface area contributed by atoms with Gasteiger partial charge in [0, 0.05) is 4.90 Å². The highest BCUT2D eigenvalue weighted by Gasteiger charge is 2.01. The van der Waals surface area contributed by atoms with E-state index in [1.54, 1.807) is 7.11 Å². The number of thiol groups is 1. The number of methoxy groups -OCH3 is 1. The molecule has 1 aromatic carbocycles. The molecule has 1 aromatic rings. The molecule has 3 heteroatoms. The molecule has 0 aliphatic rings. The zero-order valence-corrected chi connectivity index (χ0v) is 9.44. The Balaban J connectivity index is 3.21. The summed E-state index contributed by atoms with van der Waals surface area (Å²) < 4.78 is 6.25. The van der Waals surface area contributed by atoms with E-state index in [2.05, 4.69) is 41.3 Å². The van der Waals surface area contributed by atoms with E-state index >= 15 is 0 Å². The van der Waals surface area contributed by atoms with Crippen LogP contribution in [0.25, 0.3) is 0 Å². The first kappa shape index (κ1) is 9.19. The van der Waals surface area contributed by atoms with Crippen LogP contribution in [-0.4, -0.2) is 7.11 Å². The molecule has 0 saturated heterocycles. The molecule has 1 nitrogen and oxygen atoms in total. The monoisotopic (exact) mass is 280 g/mol. The van der Waals surface area contributed by atoms with Gasteiger partial charge in [-0.3, -0.25) is 0 Å². The lowest BCUT2D eigenvalue weighted by atomic mass is 10.2. The van der Waals surface area contributed by atoms with Crippen LogP contribution in [0.5, 0.6) is 5.75 Å². The van der Waals surface area contributed by atoms with Gasteiger partial charge < -0.3 is 4.74 Å². The molecule has 0 radical (unpaired) electrons. The molecular weight excluding hydrogens is 271 g/mol. The van der Waals surface area contributed by atoms with Crippen LogP contribution in [0.2, 0.25) is 0 Å². The lowest BCUT2D eigenvalue weighted by Crippen LogP contribution is -1.88. The molecule has 0 amide bonds. The zero-order valence-electron chi connectivity index (χ0n) is 6.39. The molecule has 0 aliphatic carbocycles. The fourth-order valence-corrected chi connectivity index (χ4v) is 1.82. The number of rotatable bonds is 1. The lowest BCUT2D eigenvalue weighted by molar-refractivity contribution is 0.410. The number of ether oxygens (including phenoxy) is 1. The van der Waals surface area contributed by atoms with Gasteiger partial charge in [0.05, 0.1) is 10.7 Å². The van der Waals surface area contributed by atoms with Crippen molar-refractivity contribution in [3.05, 3.63) is 21.3 Å². The van der Waals surface area contributed by atoms with Crippen LogP contribution in [0.1, 0.15) is 5.56 Å². The maximum absolute atomic E-state index is 5.12. The Morgan fingerprint density at radius 2 is 2.09 bits per heavy atom. The normalized spacial score (nSPS) is 9.82. The molecule has 0 spiro atoms. The van der Waals surface area contributed by atoms with Crippen molar-refractivity contribution < 1.29 is 4.74 Å².